The molecule has 2 saturated carbocycles. The smallest absolute Gasteiger partial charge is 0.319 e. The molecule has 3 saturated heterocycles. The highest BCUT2D eigenvalue weighted by Crippen LogP contribution is 2.66. The zero-order valence-electron chi connectivity index (χ0n) is 25.9. The molecule has 2 N–H and O–H groups in total. The van der Waals surface area contributed by atoms with Crippen LogP contribution in [-0.4, -0.2) is 70.9 Å². The number of terminal acetylenes is 1. The van der Waals surface area contributed by atoms with E-state index in [1.54, 1.807) is 24.4 Å². The lowest BCUT2D eigenvalue weighted by Crippen LogP contribution is -2.49. The van der Waals surface area contributed by atoms with E-state index in [-0.39, 0.29) is 34.4 Å². The normalized spacial score (nSPS) is 27.9. The van der Waals surface area contributed by atoms with Gasteiger partial charge in [-0.1, -0.05) is 18.9 Å². The summed E-state index contributed by atoms with van der Waals surface area (Å²) in [4.78, 5) is 19.1. The van der Waals surface area contributed by atoms with Gasteiger partial charge in [-0.2, -0.15) is 9.97 Å². The molecule has 0 radical (unpaired) electrons. The van der Waals surface area contributed by atoms with Gasteiger partial charge in [0.25, 0.3) is 0 Å². The van der Waals surface area contributed by atoms with Crippen molar-refractivity contribution in [3.63, 3.8) is 0 Å². The van der Waals surface area contributed by atoms with Crippen molar-refractivity contribution in [1.29, 1.82) is 0 Å². The summed E-state index contributed by atoms with van der Waals surface area (Å²) in [6.07, 6.45) is 13.1. The number of rotatable bonds is 5. The fourth-order valence-corrected chi connectivity index (χ4v) is 9.02. The van der Waals surface area contributed by atoms with Gasteiger partial charge in [0, 0.05) is 47.9 Å². The lowest BCUT2D eigenvalue weighted by Gasteiger charge is -2.37. The number of benzene rings is 2. The Morgan fingerprint density at radius 2 is 2.04 bits per heavy atom. The number of fused-ring (bicyclic) bond motifs is 5. The Bertz CT molecular complexity index is 1970. The first-order chi connectivity index (χ1) is 22.3. The summed E-state index contributed by atoms with van der Waals surface area (Å²) in [7, 11) is 0. The van der Waals surface area contributed by atoms with Gasteiger partial charge in [-0.15, -0.1) is 6.42 Å². The number of hydrogen-bond acceptors (Lipinski definition) is 8. The van der Waals surface area contributed by atoms with E-state index in [1.165, 1.54) is 25.3 Å². The highest BCUT2D eigenvalue weighted by atomic mass is 19.1. The standard InChI is InChI=1S/C36H36F2N6O2/c1-3-24-27(37)5-4-21-12-23(39)14-25(29(21)24)31-30(38)32-26(16-40-31)33(44-10-11-45-18-22-13-28(22)44)42-34(41-32)46-19-36-15-20(2)17-43(36)9-8-35(36)6-7-35/h1,4-5,12,14,16,20,22,28H,6-11,13,15,17-19,39H2,2H3/t20-,22?,28?,36?/m0/s1. The number of nitrogen functional groups attached to an aromatic ring is 1. The number of pyridine rings is 1. The lowest BCUT2D eigenvalue weighted by atomic mass is 9.79. The molecule has 1 spiro atoms. The van der Waals surface area contributed by atoms with E-state index in [0.717, 1.165) is 25.9 Å². The van der Waals surface area contributed by atoms with E-state index < -0.39 is 11.6 Å². The molecule has 3 aliphatic heterocycles. The van der Waals surface area contributed by atoms with E-state index in [9.17, 15) is 4.39 Å². The van der Waals surface area contributed by atoms with Crippen LogP contribution in [0.4, 0.5) is 20.3 Å². The highest BCUT2D eigenvalue weighted by molar-refractivity contribution is 6.03. The van der Waals surface area contributed by atoms with Crippen LogP contribution in [0.1, 0.15) is 44.6 Å². The largest absolute Gasteiger partial charge is 0.461 e. The van der Waals surface area contributed by atoms with Crippen LogP contribution in [0, 0.1) is 41.2 Å². The van der Waals surface area contributed by atoms with Crippen molar-refractivity contribution < 1.29 is 18.3 Å². The number of aromatic nitrogens is 3. The van der Waals surface area contributed by atoms with Gasteiger partial charge in [0.15, 0.2) is 5.82 Å². The molecular formula is C36H36F2N6O2. The number of nitrogens with zero attached hydrogens (tertiary/aromatic N) is 5. The molecule has 0 bridgehead atoms. The summed E-state index contributed by atoms with van der Waals surface area (Å²) in [6, 6.07) is 6.58. The summed E-state index contributed by atoms with van der Waals surface area (Å²) in [5.74, 6) is 2.82. The molecule has 236 valence electrons. The van der Waals surface area contributed by atoms with Gasteiger partial charge in [-0.25, -0.2) is 8.78 Å². The zero-order valence-corrected chi connectivity index (χ0v) is 25.9. The Kier molecular flexibility index (Phi) is 6.10. The maximum absolute atomic E-state index is 17.0. The molecule has 9 rings (SSSR count). The second-order valence-corrected chi connectivity index (χ2v) is 14.2. The molecule has 3 unspecified atom stereocenters. The average molecular weight is 623 g/mol. The lowest BCUT2D eigenvalue weighted by molar-refractivity contribution is 0.0642. The molecule has 5 heterocycles. The van der Waals surface area contributed by atoms with Crippen molar-refractivity contribution in [2.75, 3.05) is 50.1 Å². The first-order valence-electron chi connectivity index (χ1n) is 16.4. The Hall–Kier alpha value is -4.07. The summed E-state index contributed by atoms with van der Waals surface area (Å²) in [5, 5.41) is 1.47. The molecule has 0 amide bonds. The monoisotopic (exact) mass is 622 g/mol. The Labute approximate surface area is 266 Å². The van der Waals surface area contributed by atoms with Gasteiger partial charge >= 0.3 is 6.01 Å². The Balaban J connectivity index is 1.20. The van der Waals surface area contributed by atoms with Crippen molar-refractivity contribution in [3.8, 4) is 29.6 Å². The molecule has 4 atom stereocenters. The van der Waals surface area contributed by atoms with Crippen LogP contribution in [0.2, 0.25) is 0 Å². The molecule has 2 aromatic carbocycles. The predicted octanol–water partition coefficient (Wildman–Crippen LogP) is 5.56. The minimum absolute atomic E-state index is 0.00638. The first kappa shape index (κ1) is 28.2. The van der Waals surface area contributed by atoms with E-state index in [1.807, 2.05) is 0 Å². The van der Waals surface area contributed by atoms with E-state index in [2.05, 4.69) is 27.6 Å². The van der Waals surface area contributed by atoms with Gasteiger partial charge < -0.3 is 20.1 Å². The van der Waals surface area contributed by atoms with E-state index in [0.29, 0.717) is 76.8 Å². The minimum atomic E-state index is -0.655. The van der Waals surface area contributed by atoms with Gasteiger partial charge in [-0.05, 0) is 73.6 Å². The SMILES string of the molecule is C#Cc1c(F)ccc2cc(N)cc(-c3ncc4c(N5CCOCC6CC65)nc(OCC56C[C@H](C)CN5CCC65CC5)nc4c3F)c12. The van der Waals surface area contributed by atoms with Gasteiger partial charge in [0.05, 0.1) is 29.7 Å². The number of nitrogens with two attached hydrogens (primary N) is 1. The Morgan fingerprint density at radius 3 is 2.87 bits per heavy atom. The molecule has 8 nitrogen and oxygen atoms in total. The maximum atomic E-state index is 17.0. The Morgan fingerprint density at radius 1 is 1.17 bits per heavy atom. The quantitative estimate of drug-likeness (QED) is 0.229. The molecular weight excluding hydrogens is 586 g/mol. The van der Waals surface area contributed by atoms with Crippen molar-refractivity contribution in [1.82, 2.24) is 19.9 Å². The van der Waals surface area contributed by atoms with Crippen molar-refractivity contribution in [2.24, 2.45) is 17.3 Å². The molecule has 4 aromatic rings. The third-order valence-corrected chi connectivity index (χ3v) is 11.5. The zero-order chi connectivity index (χ0) is 31.4. The first-order valence-corrected chi connectivity index (χ1v) is 16.4. The maximum Gasteiger partial charge on any atom is 0.319 e. The fraction of sp³-hybridized carbons (Fsp3) is 0.472. The minimum Gasteiger partial charge on any atom is -0.461 e. The van der Waals surface area contributed by atoms with Crippen molar-refractivity contribution in [2.45, 2.75) is 50.6 Å². The fourth-order valence-electron chi connectivity index (χ4n) is 9.02. The number of hydrogen-bond donors (Lipinski definition) is 1. The van der Waals surface area contributed by atoms with E-state index >= 15 is 4.39 Å². The number of ether oxygens (including phenoxy) is 2. The predicted molar refractivity (Wildman–Crippen MR) is 172 cm³/mol. The number of anilines is 2. The molecule has 5 fully saturated rings. The molecule has 10 heteroatoms. The summed E-state index contributed by atoms with van der Waals surface area (Å²) in [5.41, 5.74) is 7.32. The van der Waals surface area contributed by atoms with Gasteiger partial charge in [0.2, 0.25) is 0 Å². The van der Waals surface area contributed by atoms with Gasteiger partial charge in [-0.3, -0.25) is 9.88 Å². The van der Waals surface area contributed by atoms with Crippen LogP contribution in [0.3, 0.4) is 0 Å². The molecule has 2 aromatic heterocycles. The molecule has 5 aliphatic rings. The van der Waals surface area contributed by atoms with Crippen LogP contribution >= 0.6 is 0 Å². The highest BCUT2D eigenvalue weighted by Gasteiger charge is 2.67. The van der Waals surface area contributed by atoms with Crippen molar-refractivity contribution >= 4 is 33.2 Å². The van der Waals surface area contributed by atoms with Crippen LogP contribution in [-0.2, 0) is 4.74 Å². The second-order valence-electron chi connectivity index (χ2n) is 14.2. The van der Waals surface area contributed by atoms with E-state index in [4.69, 9.17) is 31.6 Å². The van der Waals surface area contributed by atoms with Crippen molar-refractivity contribution in [3.05, 3.63) is 47.7 Å². The van der Waals surface area contributed by atoms with Crippen LogP contribution < -0.4 is 15.4 Å². The summed E-state index contributed by atoms with van der Waals surface area (Å²) < 4.78 is 44.3. The van der Waals surface area contributed by atoms with Crippen LogP contribution in [0.15, 0.2) is 30.5 Å². The summed E-state index contributed by atoms with van der Waals surface area (Å²) >= 11 is 0. The summed E-state index contributed by atoms with van der Waals surface area (Å²) in [6.45, 7) is 6.84. The molecule has 46 heavy (non-hydrogen) atoms. The topological polar surface area (TPSA) is 89.6 Å². The average Bonchev–Trinajstić information content (AvgIpc) is 3.94. The number of halogens is 2. The third kappa shape index (κ3) is 4.07. The molecule has 2 aliphatic carbocycles. The second kappa shape index (κ2) is 9.96. The van der Waals surface area contributed by atoms with Crippen LogP contribution in [0.25, 0.3) is 32.9 Å². The third-order valence-electron chi connectivity index (χ3n) is 11.5. The van der Waals surface area contributed by atoms with Gasteiger partial charge in [0.1, 0.15) is 29.5 Å². The van der Waals surface area contributed by atoms with Crippen LogP contribution in [0.5, 0.6) is 6.01 Å².